The van der Waals surface area contributed by atoms with Crippen LogP contribution in [0.15, 0.2) is 6.20 Å². The lowest BCUT2D eigenvalue weighted by molar-refractivity contribution is 0.253. The lowest BCUT2D eigenvalue weighted by Gasteiger charge is -2.19. The average Bonchev–Trinajstić information content (AvgIpc) is 2.95. The van der Waals surface area contributed by atoms with Gasteiger partial charge in [0.15, 0.2) is 0 Å². The number of nitrogens with zero attached hydrogens (tertiary/aromatic N) is 3. The first-order valence-corrected chi connectivity index (χ1v) is 6.99. The molecule has 4 nitrogen and oxygen atoms in total. The molecule has 1 saturated carbocycles. The van der Waals surface area contributed by atoms with Crippen LogP contribution in [0.2, 0.25) is 0 Å². The highest BCUT2D eigenvalue weighted by atomic mass is 127. The Kier molecular flexibility index (Phi) is 2.62. The number of likely N-dealkylation sites (tertiary alicyclic amines) is 1. The molecule has 16 heavy (non-hydrogen) atoms. The Morgan fingerprint density at radius 1 is 1.44 bits per heavy atom. The Hall–Kier alpha value is -0.300. The van der Waals surface area contributed by atoms with E-state index in [1.54, 1.807) is 0 Å². The number of nitrogens with two attached hydrogens (primary N) is 1. The molecule has 1 aliphatic carbocycles. The fourth-order valence-electron chi connectivity index (χ4n) is 2.76. The summed E-state index contributed by atoms with van der Waals surface area (Å²) in [6.07, 6.45) is 5.80. The average molecular weight is 332 g/mol. The zero-order chi connectivity index (χ0) is 11.3. The largest absolute Gasteiger partial charge is 0.383 e. The van der Waals surface area contributed by atoms with Gasteiger partial charge in [-0.2, -0.15) is 5.10 Å². The molecule has 2 unspecified atom stereocenters. The monoisotopic (exact) mass is 332 g/mol. The number of anilines is 1. The highest BCUT2D eigenvalue weighted by molar-refractivity contribution is 14.1. The maximum absolute atomic E-state index is 6.04. The molecule has 2 heterocycles. The van der Waals surface area contributed by atoms with Crippen molar-refractivity contribution in [2.75, 3.05) is 12.3 Å². The van der Waals surface area contributed by atoms with Crippen LogP contribution in [0, 0.1) is 3.57 Å². The fraction of sp³-hybridized carbons (Fsp3) is 0.727. The first-order valence-electron chi connectivity index (χ1n) is 5.91. The number of hydrogen-bond acceptors (Lipinski definition) is 3. The molecule has 1 aromatic heterocycles. The van der Waals surface area contributed by atoms with Gasteiger partial charge < -0.3 is 5.73 Å². The van der Waals surface area contributed by atoms with Gasteiger partial charge in [-0.25, -0.2) is 4.68 Å². The summed E-state index contributed by atoms with van der Waals surface area (Å²) in [6.45, 7) is 3.44. The normalized spacial score (nSPS) is 31.1. The smallest absolute Gasteiger partial charge is 0.135 e. The minimum absolute atomic E-state index is 0.471. The first kappa shape index (κ1) is 10.8. The molecule has 1 saturated heterocycles. The van der Waals surface area contributed by atoms with E-state index in [0.29, 0.717) is 12.1 Å². The van der Waals surface area contributed by atoms with Gasteiger partial charge in [-0.05, 0) is 48.8 Å². The number of rotatable bonds is 2. The van der Waals surface area contributed by atoms with Gasteiger partial charge in [0.05, 0.1) is 15.8 Å². The molecule has 1 aromatic rings. The SMILES string of the molecule is CC1CC(n2ncc(I)c2N)CN1C1CC1. The standard InChI is InChI=1S/C11H17IN4/c1-7-4-9(6-15(7)8-2-3-8)16-11(13)10(12)5-14-16/h5,7-9H,2-4,6,13H2,1H3. The summed E-state index contributed by atoms with van der Waals surface area (Å²) in [7, 11) is 0. The molecule has 3 rings (SSSR count). The van der Waals surface area contributed by atoms with E-state index >= 15 is 0 Å². The molecule has 5 heteroatoms. The van der Waals surface area contributed by atoms with Gasteiger partial charge in [0.1, 0.15) is 5.82 Å². The summed E-state index contributed by atoms with van der Waals surface area (Å²) in [4.78, 5) is 2.62. The Bertz CT molecular complexity index is 399. The van der Waals surface area contributed by atoms with Crippen molar-refractivity contribution in [3.05, 3.63) is 9.77 Å². The molecule has 88 valence electrons. The highest BCUT2D eigenvalue weighted by Gasteiger charge is 2.39. The van der Waals surface area contributed by atoms with Gasteiger partial charge in [0.25, 0.3) is 0 Å². The predicted molar refractivity (Wildman–Crippen MR) is 72.2 cm³/mol. The first-order chi connectivity index (χ1) is 7.66. The van der Waals surface area contributed by atoms with Gasteiger partial charge in [-0.3, -0.25) is 4.90 Å². The third-order valence-electron chi connectivity index (χ3n) is 3.75. The van der Waals surface area contributed by atoms with Crippen molar-refractivity contribution in [1.29, 1.82) is 0 Å². The number of halogens is 1. The minimum Gasteiger partial charge on any atom is -0.383 e. The van der Waals surface area contributed by atoms with Gasteiger partial charge in [0, 0.05) is 18.6 Å². The molecule has 0 spiro atoms. The zero-order valence-corrected chi connectivity index (χ0v) is 11.6. The number of nitrogen functional groups attached to an aromatic ring is 1. The van der Waals surface area contributed by atoms with Crippen LogP contribution in [-0.2, 0) is 0 Å². The molecule has 0 bridgehead atoms. The molecule has 1 aliphatic heterocycles. The Labute approximate surface area is 109 Å². The van der Waals surface area contributed by atoms with Crippen LogP contribution < -0.4 is 5.73 Å². The van der Waals surface area contributed by atoms with Crippen LogP contribution in [0.1, 0.15) is 32.2 Å². The Balaban J connectivity index is 1.79. The summed E-state index contributed by atoms with van der Waals surface area (Å²) in [5, 5.41) is 4.40. The molecule has 2 fully saturated rings. The molecular weight excluding hydrogens is 315 g/mol. The lowest BCUT2D eigenvalue weighted by atomic mass is 10.2. The summed E-state index contributed by atoms with van der Waals surface area (Å²) >= 11 is 2.25. The third-order valence-corrected chi connectivity index (χ3v) is 4.58. The molecule has 0 radical (unpaired) electrons. The van der Waals surface area contributed by atoms with E-state index in [9.17, 15) is 0 Å². The summed E-state index contributed by atoms with van der Waals surface area (Å²) in [6, 6.07) is 1.99. The topological polar surface area (TPSA) is 47.1 Å². The highest BCUT2D eigenvalue weighted by Crippen LogP contribution is 2.37. The summed E-state index contributed by atoms with van der Waals surface area (Å²) < 4.78 is 3.08. The van der Waals surface area contributed by atoms with Crippen LogP contribution in [0.3, 0.4) is 0 Å². The molecular formula is C11H17IN4. The van der Waals surface area contributed by atoms with E-state index in [2.05, 4.69) is 39.5 Å². The molecule has 2 aliphatic rings. The van der Waals surface area contributed by atoms with Crippen molar-refractivity contribution in [3.8, 4) is 0 Å². The predicted octanol–water partition coefficient (Wildman–Crippen LogP) is 1.87. The molecule has 0 aromatic carbocycles. The maximum atomic E-state index is 6.04. The molecule has 0 amide bonds. The Morgan fingerprint density at radius 2 is 2.19 bits per heavy atom. The van der Waals surface area contributed by atoms with Gasteiger partial charge in [-0.1, -0.05) is 0 Å². The van der Waals surface area contributed by atoms with E-state index in [4.69, 9.17) is 5.73 Å². The van der Waals surface area contributed by atoms with Gasteiger partial charge in [0.2, 0.25) is 0 Å². The number of hydrogen-bond donors (Lipinski definition) is 1. The van der Waals surface area contributed by atoms with E-state index in [1.807, 2.05) is 10.9 Å². The van der Waals surface area contributed by atoms with Crippen LogP contribution >= 0.6 is 22.6 Å². The molecule has 2 atom stereocenters. The van der Waals surface area contributed by atoms with E-state index in [1.165, 1.54) is 19.3 Å². The lowest BCUT2D eigenvalue weighted by Crippen LogP contribution is -2.29. The maximum Gasteiger partial charge on any atom is 0.135 e. The van der Waals surface area contributed by atoms with E-state index < -0.39 is 0 Å². The van der Waals surface area contributed by atoms with Crippen molar-refractivity contribution < 1.29 is 0 Å². The summed E-state index contributed by atoms with van der Waals surface area (Å²) in [5.74, 6) is 0.829. The van der Waals surface area contributed by atoms with E-state index in [-0.39, 0.29) is 0 Å². The minimum atomic E-state index is 0.471. The van der Waals surface area contributed by atoms with Crippen LogP contribution in [-0.4, -0.2) is 33.3 Å². The molecule has 2 N–H and O–H groups in total. The van der Waals surface area contributed by atoms with Crippen LogP contribution in [0.25, 0.3) is 0 Å². The third kappa shape index (κ3) is 1.73. The summed E-state index contributed by atoms with van der Waals surface area (Å²) in [5.41, 5.74) is 6.04. The van der Waals surface area contributed by atoms with Crippen molar-refractivity contribution in [2.24, 2.45) is 0 Å². The second-order valence-corrected chi connectivity index (χ2v) is 6.15. The van der Waals surface area contributed by atoms with Gasteiger partial charge >= 0.3 is 0 Å². The number of aromatic nitrogens is 2. The van der Waals surface area contributed by atoms with Crippen molar-refractivity contribution in [2.45, 2.75) is 44.3 Å². The van der Waals surface area contributed by atoms with Crippen LogP contribution in [0.4, 0.5) is 5.82 Å². The van der Waals surface area contributed by atoms with Crippen molar-refractivity contribution >= 4 is 28.4 Å². The Morgan fingerprint density at radius 3 is 2.75 bits per heavy atom. The second kappa shape index (κ2) is 3.87. The fourth-order valence-corrected chi connectivity index (χ4v) is 3.13. The van der Waals surface area contributed by atoms with Crippen molar-refractivity contribution in [3.63, 3.8) is 0 Å². The van der Waals surface area contributed by atoms with Crippen LogP contribution in [0.5, 0.6) is 0 Å². The van der Waals surface area contributed by atoms with E-state index in [0.717, 1.165) is 22.0 Å². The quantitative estimate of drug-likeness (QED) is 0.841. The van der Waals surface area contributed by atoms with Crippen molar-refractivity contribution in [1.82, 2.24) is 14.7 Å². The second-order valence-electron chi connectivity index (χ2n) is 4.99. The zero-order valence-electron chi connectivity index (χ0n) is 9.43. The van der Waals surface area contributed by atoms with Gasteiger partial charge in [-0.15, -0.1) is 0 Å².